The molecule has 2 aliphatic heterocycles. The number of Topliss-reactive ketones (excluding diaryl/α,β-unsaturated/α-hetero) is 1. The van der Waals surface area contributed by atoms with Gasteiger partial charge in [0.2, 0.25) is 11.6 Å². The van der Waals surface area contributed by atoms with Crippen molar-refractivity contribution in [2.75, 3.05) is 35.5 Å². The van der Waals surface area contributed by atoms with Crippen LogP contribution in [0.3, 0.4) is 0 Å². The van der Waals surface area contributed by atoms with Crippen molar-refractivity contribution in [3.63, 3.8) is 0 Å². The van der Waals surface area contributed by atoms with E-state index in [0.29, 0.717) is 11.5 Å². The van der Waals surface area contributed by atoms with Gasteiger partial charge in [0, 0.05) is 14.1 Å². The molecule has 10 nitrogen and oxygen atoms in total. The number of hydrogen-bond acceptors (Lipinski definition) is 9. The molecule has 34 heavy (non-hydrogen) atoms. The first-order valence-electron chi connectivity index (χ1n) is 10.5. The zero-order valence-corrected chi connectivity index (χ0v) is 18.8. The Kier molecular flexibility index (Phi) is 6.01. The van der Waals surface area contributed by atoms with Crippen LogP contribution in [0.1, 0.15) is 6.92 Å². The van der Waals surface area contributed by atoms with Crippen molar-refractivity contribution in [1.29, 1.82) is 5.26 Å². The number of rotatable bonds is 5. The zero-order valence-electron chi connectivity index (χ0n) is 18.8. The van der Waals surface area contributed by atoms with Crippen LogP contribution in [0.15, 0.2) is 71.0 Å². The van der Waals surface area contributed by atoms with E-state index in [9.17, 15) is 19.6 Å². The van der Waals surface area contributed by atoms with Gasteiger partial charge >= 0.3 is 5.97 Å². The fourth-order valence-electron chi connectivity index (χ4n) is 3.82. The van der Waals surface area contributed by atoms with Crippen LogP contribution in [0, 0.1) is 11.3 Å². The van der Waals surface area contributed by atoms with E-state index in [2.05, 4.69) is 10.4 Å². The summed E-state index contributed by atoms with van der Waals surface area (Å²) in [6, 6.07) is 17.3. The van der Waals surface area contributed by atoms with Crippen molar-refractivity contribution in [2.24, 2.45) is 4.99 Å². The molecule has 172 valence electrons. The fourth-order valence-corrected chi connectivity index (χ4v) is 3.82. The highest BCUT2D eigenvalue weighted by molar-refractivity contribution is 6.37. The first-order chi connectivity index (χ1) is 16.3. The average Bonchev–Trinajstić information content (AvgIpc) is 3.10. The van der Waals surface area contributed by atoms with Crippen molar-refractivity contribution in [3.05, 3.63) is 66.0 Å². The van der Waals surface area contributed by atoms with Crippen LogP contribution in [-0.2, 0) is 19.1 Å². The third-order valence-corrected chi connectivity index (χ3v) is 5.51. The summed E-state index contributed by atoms with van der Waals surface area (Å²) in [5, 5.41) is 10.9. The van der Waals surface area contributed by atoms with Crippen molar-refractivity contribution in [2.45, 2.75) is 13.0 Å². The average molecular weight is 458 g/mol. The number of amides is 1. The number of amidine groups is 1. The molecule has 1 atom stereocenters. The molecule has 0 aliphatic carbocycles. The molecule has 0 fully saturated rings. The third-order valence-electron chi connectivity index (χ3n) is 5.51. The molecule has 4 rings (SSSR count). The van der Waals surface area contributed by atoms with Gasteiger partial charge in [-0.2, -0.15) is 5.26 Å². The van der Waals surface area contributed by atoms with Crippen LogP contribution in [0.25, 0.3) is 0 Å². The largest absolute Gasteiger partial charge is 0.451 e. The van der Waals surface area contributed by atoms with E-state index in [-0.39, 0.29) is 17.3 Å². The zero-order chi connectivity index (χ0) is 24.4. The highest BCUT2D eigenvalue weighted by Gasteiger charge is 2.34. The number of anilines is 3. The lowest BCUT2D eigenvalue weighted by Gasteiger charge is -2.30. The number of nitrogens with zero attached hydrogens (tertiary/aromatic N) is 5. The highest BCUT2D eigenvalue weighted by atomic mass is 16.5. The molecule has 2 aliphatic rings. The Morgan fingerprint density at radius 3 is 2.24 bits per heavy atom. The lowest BCUT2D eigenvalue weighted by atomic mass is 10.2. The number of esters is 1. The number of hydrazine groups is 1. The predicted molar refractivity (Wildman–Crippen MR) is 126 cm³/mol. The number of aliphatic imine (C=N–C) groups is 1. The van der Waals surface area contributed by atoms with E-state index >= 15 is 0 Å². The molecular weight excluding hydrogens is 436 g/mol. The van der Waals surface area contributed by atoms with E-state index in [0.717, 1.165) is 11.4 Å². The molecule has 1 amide bonds. The minimum atomic E-state index is -0.910. The van der Waals surface area contributed by atoms with Crippen LogP contribution in [-0.4, -0.2) is 50.2 Å². The molecular formula is C24H22N6O4. The smallest absolute Gasteiger partial charge is 0.375 e. The lowest BCUT2D eigenvalue weighted by Crippen LogP contribution is -2.56. The van der Waals surface area contributed by atoms with Gasteiger partial charge in [-0.1, -0.05) is 30.3 Å². The molecule has 10 heteroatoms. The molecule has 2 aromatic rings. The summed E-state index contributed by atoms with van der Waals surface area (Å²) in [4.78, 5) is 45.5. The third kappa shape index (κ3) is 3.95. The minimum Gasteiger partial charge on any atom is -0.451 e. The van der Waals surface area contributed by atoms with E-state index < -0.39 is 24.4 Å². The Morgan fingerprint density at radius 1 is 1.06 bits per heavy atom. The van der Waals surface area contributed by atoms with Gasteiger partial charge in [0.05, 0.1) is 17.1 Å². The second-order valence-corrected chi connectivity index (χ2v) is 7.69. The van der Waals surface area contributed by atoms with Crippen molar-refractivity contribution in [3.8, 4) is 6.07 Å². The van der Waals surface area contributed by atoms with Gasteiger partial charge in [0.1, 0.15) is 23.5 Å². The van der Waals surface area contributed by atoms with Crippen LogP contribution in [0.5, 0.6) is 0 Å². The summed E-state index contributed by atoms with van der Waals surface area (Å²) < 4.78 is 5.16. The topological polar surface area (TPSA) is 118 Å². The Morgan fingerprint density at radius 2 is 1.65 bits per heavy atom. The Hall–Kier alpha value is -4.65. The molecule has 0 bridgehead atoms. The number of para-hydroxylation sites is 3. The van der Waals surface area contributed by atoms with Gasteiger partial charge in [-0.05, 0) is 31.2 Å². The summed E-state index contributed by atoms with van der Waals surface area (Å²) >= 11 is 0. The molecule has 0 radical (unpaired) electrons. The summed E-state index contributed by atoms with van der Waals surface area (Å²) in [5.41, 5.74) is 4.73. The van der Waals surface area contributed by atoms with E-state index in [1.54, 1.807) is 61.2 Å². The summed E-state index contributed by atoms with van der Waals surface area (Å²) in [7, 11) is 3.51. The van der Waals surface area contributed by atoms with E-state index in [1.807, 2.05) is 30.3 Å². The van der Waals surface area contributed by atoms with Crippen molar-refractivity contribution >= 4 is 40.6 Å². The monoisotopic (exact) mass is 458 g/mol. The number of fused-ring (bicyclic) bond motifs is 1. The van der Waals surface area contributed by atoms with Gasteiger partial charge in [0.15, 0.2) is 6.61 Å². The Bertz CT molecular complexity index is 1230. The van der Waals surface area contributed by atoms with Gasteiger partial charge in [0.25, 0.3) is 5.91 Å². The quantitative estimate of drug-likeness (QED) is 0.409. The number of ether oxygens (including phenoxy) is 1. The molecule has 0 unspecified atom stereocenters. The number of ketones is 1. The maximum Gasteiger partial charge on any atom is 0.375 e. The highest BCUT2D eigenvalue weighted by Crippen LogP contribution is 2.40. The molecule has 2 heterocycles. The number of hydrogen-bond donors (Lipinski definition) is 1. The van der Waals surface area contributed by atoms with E-state index in [4.69, 9.17) is 4.74 Å². The number of carbonyl (C=O) groups excluding carboxylic acids is 3. The number of carbonyl (C=O) groups is 3. The van der Waals surface area contributed by atoms with Gasteiger partial charge in [-0.25, -0.2) is 14.8 Å². The fraction of sp³-hybridized carbons (Fsp3) is 0.208. The minimum absolute atomic E-state index is 0.137. The first kappa shape index (κ1) is 22.5. The van der Waals surface area contributed by atoms with Gasteiger partial charge in [-0.15, -0.1) is 0 Å². The molecule has 1 N–H and O–H groups in total. The normalized spacial score (nSPS) is 16.9. The number of nitrogens with one attached hydrogen (secondary N) is 1. The maximum absolute atomic E-state index is 12.9. The maximum atomic E-state index is 12.9. The molecule has 2 aromatic carbocycles. The number of benzene rings is 2. The van der Waals surface area contributed by atoms with Gasteiger partial charge in [-0.3, -0.25) is 15.0 Å². The first-order valence-corrected chi connectivity index (χ1v) is 10.5. The molecule has 0 aromatic heterocycles. The standard InChI is InChI=1S/C24H22N6O4/c1-15-23(32)30(16-9-5-4-6-10-16)27-21(26-15)24(33)34-14-20(31)17(13-25)22-28(2)18-11-7-8-12-19(18)29(22)3/h4-12,15H,14H2,1-3H3,(H,26,27)/t15-/m0/s1. The van der Waals surface area contributed by atoms with Crippen LogP contribution in [0.2, 0.25) is 0 Å². The SMILES string of the molecule is C[C@@H]1N=C(C(=O)OCC(=O)C(C#N)=C2N(C)c3ccccc3N2C)NN(c2ccccc2)C1=O. The number of nitriles is 1. The summed E-state index contributed by atoms with van der Waals surface area (Å²) in [6.45, 7) is 0.900. The second-order valence-electron chi connectivity index (χ2n) is 7.69. The Labute approximate surface area is 196 Å². The van der Waals surface area contributed by atoms with Crippen molar-refractivity contribution in [1.82, 2.24) is 5.43 Å². The van der Waals surface area contributed by atoms with E-state index in [1.165, 1.54) is 5.01 Å². The molecule has 0 saturated carbocycles. The van der Waals surface area contributed by atoms with Crippen LogP contribution in [0.4, 0.5) is 17.1 Å². The van der Waals surface area contributed by atoms with Crippen LogP contribution >= 0.6 is 0 Å². The van der Waals surface area contributed by atoms with Crippen molar-refractivity contribution < 1.29 is 19.1 Å². The molecule has 0 spiro atoms. The summed E-state index contributed by atoms with van der Waals surface area (Å²) in [5.74, 6) is -1.72. The summed E-state index contributed by atoms with van der Waals surface area (Å²) in [6.07, 6.45) is 0. The lowest BCUT2D eigenvalue weighted by molar-refractivity contribution is -0.140. The predicted octanol–water partition coefficient (Wildman–Crippen LogP) is 1.76. The second kappa shape index (κ2) is 9.07. The Balaban J connectivity index is 1.49. The van der Waals surface area contributed by atoms with Crippen LogP contribution < -0.4 is 20.2 Å². The molecule has 0 saturated heterocycles. The van der Waals surface area contributed by atoms with Gasteiger partial charge < -0.3 is 14.5 Å².